The molecule has 0 aromatic heterocycles. The smallest absolute Gasteiger partial charge is 0.335 e. The number of hydrogen-bond donors (Lipinski definition) is 1. The number of aromatic carboxylic acids is 1. The Bertz CT molecular complexity index is 888. The van der Waals surface area contributed by atoms with Gasteiger partial charge in [0.05, 0.1) is 10.5 Å². The Morgan fingerprint density at radius 3 is 2.24 bits per heavy atom. The van der Waals surface area contributed by atoms with E-state index in [4.69, 9.17) is 16.7 Å². The first-order valence-electron chi connectivity index (χ1n) is 8.03. The van der Waals surface area contributed by atoms with E-state index in [0.29, 0.717) is 29.2 Å². The van der Waals surface area contributed by atoms with E-state index in [1.54, 1.807) is 24.3 Å². The molecule has 0 radical (unpaired) electrons. The predicted molar refractivity (Wildman–Crippen MR) is 96.5 cm³/mol. The summed E-state index contributed by atoms with van der Waals surface area (Å²) in [6, 6.07) is 10.8. The summed E-state index contributed by atoms with van der Waals surface area (Å²) in [6.45, 7) is 1.10. The molecule has 0 aliphatic carbocycles. The van der Waals surface area contributed by atoms with Crippen LogP contribution in [0, 0.1) is 0 Å². The average molecular weight is 380 g/mol. The van der Waals surface area contributed by atoms with Gasteiger partial charge in [-0.25, -0.2) is 13.2 Å². The zero-order chi connectivity index (χ0) is 18.0. The maximum Gasteiger partial charge on any atom is 0.335 e. The highest BCUT2D eigenvalue weighted by Gasteiger charge is 2.25. The quantitative estimate of drug-likeness (QED) is 0.874. The van der Waals surface area contributed by atoms with E-state index in [1.165, 1.54) is 22.5 Å². The van der Waals surface area contributed by atoms with Crippen LogP contribution >= 0.6 is 11.6 Å². The van der Waals surface area contributed by atoms with Crippen molar-refractivity contribution in [3.05, 3.63) is 53.1 Å². The van der Waals surface area contributed by atoms with Crippen molar-refractivity contribution in [1.29, 1.82) is 0 Å². The third-order valence-electron chi connectivity index (χ3n) is 4.33. The topological polar surface area (TPSA) is 74.7 Å². The lowest BCUT2D eigenvalue weighted by Gasteiger charge is -2.25. The van der Waals surface area contributed by atoms with Crippen molar-refractivity contribution in [2.24, 2.45) is 0 Å². The molecule has 1 aliphatic heterocycles. The molecule has 1 aliphatic rings. The molecule has 25 heavy (non-hydrogen) atoms. The lowest BCUT2D eigenvalue weighted by Crippen LogP contribution is -2.35. The van der Waals surface area contributed by atoms with Crippen LogP contribution in [0.2, 0.25) is 5.02 Å². The monoisotopic (exact) mass is 379 g/mol. The summed E-state index contributed by atoms with van der Waals surface area (Å²) in [4.78, 5) is 11.4. The second kappa shape index (κ2) is 7.15. The molecule has 0 atom stereocenters. The summed E-state index contributed by atoms with van der Waals surface area (Å²) in [5, 5.41) is 9.53. The standard InChI is InChI=1S/C18H18ClNO4S/c19-17-9-6-14(18(21)22)12-16(17)13-4-7-15(8-5-13)25(23,24)20-10-2-1-3-11-20/h4-9,12H,1-3,10-11H2,(H,21,22). The number of carboxylic acid groups (broad SMARTS) is 1. The van der Waals surface area contributed by atoms with Crippen LogP contribution in [0.5, 0.6) is 0 Å². The number of sulfonamides is 1. The molecule has 3 rings (SSSR count). The molecule has 0 bridgehead atoms. The van der Waals surface area contributed by atoms with Crippen LogP contribution in [0.3, 0.4) is 0 Å². The minimum atomic E-state index is -3.49. The van der Waals surface area contributed by atoms with Gasteiger partial charge in [-0.1, -0.05) is 30.2 Å². The van der Waals surface area contributed by atoms with Crippen LogP contribution in [0.15, 0.2) is 47.4 Å². The first-order chi connectivity index (χ1) is 11.9. The van der Waals surface area contributed by atoms with Crippen molar-refractivity contribution in [3.8, 4) is 11.1 Å². The Morgan fingerprint density at radius 2 is 1.64 bits per heavy atom. The molecule has 132 valence electrons. The third-order valence-corrected chi connectivity index (χ3v) is 6.57. The van der Waals surface area contributed by atoms with Gasteiger partial charge in [0.2, 0.25) is 10.0 Å². The highest BCUT2D eigenvalue weighted by molar-refractivity contribution is 7.89. The van der Waals surface area contributed by atoms with E-state index < -0.39 is 16.0 Å². The minimum absolute atomic E-state index is 0.129. The van der Waals surface area contributed by atoms with Gasteiger partial charge in [0.25, 0.3) is 0 Å². The first-order valence-corrected chi connectivity index (χ1v) is 9.85. The maximum atomic E-state index is 12.7. The van der Waals surface area contributed by atoms with E-state index in [9.17, 15) is 13.2 Å². The maximum absolute atomic E-state index is 12.7. The van der Waals surface area contributed by atoms with Crippen LogP contribution in [0.1, 0.15) is 29.6 Å². The van der Waals surface area contributed by atoms with Gasteiger partial charge in [-0.05, 0) is 48.7 Å². The van der Waals surface area contributed by atoms with E-state index in [1.807, 2.05) is 0 Å². The van der Waals surface area contributed by atoms with Crippen molar-refractivity contribution in [2.45, 2.75) is 24.2 Å². The molecule has 1 saturated heterocycles. The molecule has 0 unspecified atom stereocenters. The lowest BCUT2D eigenvalue weighted by molar-refractivity contribution is 0.0697. The second-order valence-corrected chi connectivity index (χ2v) is 8.33. The van der Waals surface area contributed by atoms with Crippen molar-refractivity contribution < 1.29 is 18.3 Å². The molecule has 2 aromatic rings. The summed E-state index contributed by atoms with van der Waals surface area (Å²) in [7, 11) is -3.49. The van der Waals surface area contributed by atoms with Crippen molar-refractivity contribution in [1.82, 2.24) is 4.31 Å². The van der Waals surface area contributed by atoms with Gasteiger partial charge >= 0.3 is 5.97 Å². The van der Waals surface area contributed by atoms with Gasteiger partial charge in [0, 0.05) is 23.7 Å². The van der Waals surface area contributed by atoms with E-state index in [0.717, 1.165) is 19.3 Å². The number of nitrogens with zero attached hydrogens (tertiary/aromatic N) is 1. The second-order valence-electron chi connectivity index (χ2n) is 5.99. The molecule has 7 heteroatoms. The molecule has 0 amide bonds. The van der Waals surface area contributed by atoms with E-state index in [2.05, 4.69) is 0 Å². The van der Waals surface area contributed by atoms with Gasteiger partial charge in [-0.15, -0.1) is 0 Å². The predicted octanol–water partition coefficient (Wildman–Crippen LogP) is 3.88. The fourth-order valence-electron chi connectivity index (χ4n) is 2.94. The molecule has 1 N–H and O–H groups in total. The molecule has 2 aromatic carbocycles. The number of rotatable bonds is 4. The van der Waals surface area contributed by atoms with Crippen molar-refractivity contribution in [3.63, 3.8) is 0 Å². The summed E-state index contributed by atoms with van der Waals surface area (Å²) < 4.78 is 26.9. The van der Waals surface area contributed by atoms with E-state index in [-0.39, 0.29) is 10.5 Å². The van der Waals surface area contributed by atoms with Crippen LogP contribution in [0.25, 0.3) is 11.1 Å². The van der Waals surface area contributed by atoms with Gasteiger partial charge < -0.3 is 5.11 Å². The minimum Gasteiger partial charge on any atom is -0.478 e. The molecular formula is C18H18ClNO4S. The summed E-state index contributed by atoms with van der Waals surface area (Å²) in [6.07, 6.45) is 2.83. The van der Waals surface area contributed by atoms with E-state index >= 15 is 0 Å². The van der Waals surface area contributed by atoms with Crippen LogP contribution < -0.4 is 0 Å². The van der Waals surface area contributed by atoms with Gasteiger partial charge in [-0.2, -0.15) is 4.31 Å². The van der Waals surface area contributed by atoms with Gasteiger partial charge in [0.1, 0.15) is 0 Å². The fraction of sp³-hybridized carbons (Fsp3) is 0.278. The Hall–Kier alpha value is -1.89. The molecular weight excluding hydrogens is 362 g/mol. The number of halogens is 1. The normalized spacial score (nSPS) is 15.9. The summed E-state index contributed by atoms with van der Waals surface area (Å²) in [5.41, 5.74) is 1.36. The fourth-order valence-corrected chi connectivity index (χ4v) is 4.68. The zero-order valence-electron chi connectivity index (χ0n) is 13.5. The molecule has 0 saturated carbocycles. The summed E-state index contributed by atoms with van der Waals surface area (Å²) in [5.74, 6) is -1.04. The highest BCUT2D eigenvalue weighted by Crippen LogP contribution is 2.30. The molecule has 1 fully saturated rings. The number of benzene rings is 2. The van der Waals surface area contributed by atoms with Crippen molar-refractivity contribution >= 4 is 27.6 Å². The number of carbonyl (C=O) groups is 1. The van der Waals surface area contributed by atoms with Gasteiger partial charge in [-0.3, -0.25) is 0 Å². The Morgan fingerprint density at radius 1 is 1.00 bits per heavy atom. The number of hydrogen-bond acceptors (Lipinski definition) is 3. The SMILES string of the molecule is O=C(O)c1ccc(Cl)c(-c2ccc(S(=O)(=O)N3CCCCC3)cc2)c1. The van der Waals surface area contributed by atoms with Crippen LogP contribution in [0.4, 0.5) is 0 Å². The number of carboxylic acids is 1. The number of piperidine rings is 1. The van der Waals surface area contributed by atoms with Crippen LogP contribution in [-0.4, -0.2) is 36.9 Å². The average Bonchev–Trinajstić information content (AvgIpc) is 2.63. The summed E-state index contributed by atoms with van der Waals surface area (Å²) >= 11 is 6.17. The highest BCUT2D eigenvalue weighted by atomic mass is 35.5. The largest absolute Gasteiger partial charge is 0.478 e. The zero-order valence-corrected chi connectivity index (χ0v) is 15.1. The molecule has 1 heterocycles. The molecule has 5 nitrogen and oxygen atoms in total. The molecule has 0 spiro atoms. The van der Waals surface area contributed by atoms with Gasteiger partial charge in [0.15, 0.2) is 0 Å². The van der Waals surface area contributed by atoms with Crippen LogP contribution in [-0.2, 0) is 10.0 Å². The Labute approximate surface area is 151 Å². The third kappa shape index (κ3) is 3.71. The Balaban J connectivity index is 1.93. The first kappa shape index (κ1) is 17.9. The Kier molecular flexibility index (Phi) is 5.13. The van der Waals surface area contributed by atoms with Crippen molar-refractivity contribution in [2.75, 3.05) is 13.1 Å². The lowest BCUT2D eigenvalue weighted by atomic mass is 10.0.